The molecule has 0 N–H and O–H groups in total. The molecule has 23 heavy (non-hydrogen) atoms. The van der Waals surface area contributed by atoms with E-state index in [1.807, 2.05) is 18.2 Å². The molecule has 0 fully saturated rings. The van der Waals surface area contributed by atoms with Gasteiger partial charge in [0.25, 0.3) is 0 Å². The van der Waals surface area contributed by atoms with E-state index < -0.39 is 0 Å². The van der Waals surface area contributed by atoms with Crippen molar-refractivity contribution in [2.75, 3.05) is 13.0 Å². The zero-order valence-corrected chi connectivity index (χ0v) is 15.1. The van der Waals surface area contributed by atoms with Crippen LogP contribution in [0.4, 0.5) is 0 Å². The van der Waals surface area contributed by atoms with Crippen molar-refractivity contribution in [3.63, 3.8) is 0 Å². The van der Waals surface area contributed by atoms with Gasteiger partial charge in [0, 0.05) is 12.3 Å². The van der Waals surface area contributed by atoms with Gasteiger partial charge in [0.1, 0.15) is 5.75 Å². The number of hydrogen-bond donors (Lipinski definition) is 0. The van der Waals surface area contributed by atoms with Crippen molar-refractivity contribution >= 4 is 17.4 Å². The Bertz CT molecular complexity index is 465. The highest BCUT2D eigenvalue weighted by Gasteiger charge is 2.14. The van der Waals surface area contributed by atoms with Gasteiger partial charge in [-0.2, -0.15) is 0 Å². The van der Waals surface area contributed by atoms with Crippen LogP contribution in [0.25, 0.3) is 0 Å². The maximum atomic E-state index is 12.2. The van der Waals surface area contributed by atoms with Crippen molar-refractivity contribution in [1.82, 2.24) is 0 Å². The first-order valence-electron chi connectivity index (χ1n) is 8.60. The van der Waals surface area contributed by atoms with Crippen LogP contribution in [-0.4, -0.2) is 18.8 Å². The maximum Gasteiger partial charge on any atom is 0.155 e. The Balaban J connectivity index is 2.60. The van der Waals surface area contributed by atoms with Gasteiger partial charge < -0.3 is 4.74 Å². The molecular formula is C20H29ClO2. The SMILES string of the molecule is CCCCC/C=C/C(=O)C[C@H](CCCCl)c1ccc(OC)cc1. The van der Waals surface area contributed by atoms with Gasteiger partial charge in [-0.15, -0.1) is 11.6 Å². The molecule has 0 saturated carbocycles. The van der Waals surface area contributed by atoms with E-state index in [4.69, 9.17) is 16.3 Å². The van der Waals surface area contributed by atoms with Crippen molar-refractivity contribution in [2.45, 2.75) is 57.8 Å². The Hall–Kier alpha value is -1.28. The van der Waals surface area contributed by atoms with E-state index in [1.54, 1.807) is 13.2 Å². The lowest BCUT2D eigenvalue weighted by molar-refractivity contribution is -0.115. The number of methoxy groups -OCH3 is 1. The van der Waals surface area contributed by atoms with Crippen LogP contribution in [0, 0.1) is 0 Å². The minimum atomic E-state index is 0.205. The predicted octanol–water partition coefficient (Wildman–Crippen LogP) is 5.89. The molecule has 0 radical (unpaired) electrons. The lowest BCUT2D eigenvalue weighted by Gasteiger charge is -2.16. The first-order valence-corrected chi connectivity index (χ1v) is 9.14. The van der Waals surface area contributed by atoms with Crippen LogP contribution in [0.2, 0.25) is 0 Å². The van der Waals surface area contributed by atoms with Gasteiger partial charge in [0.15, 0.2) is 5.78 Å². The van der Waals surface area contributed by atoms with Crippen molar-refractivity contribution in [3.05, 3.63) is 42.0 Å². The van der Waals surface area contributed by atoms with Crippen molar-refractivity contribution in [2.24, 2.45) is 0 Å². The van der Waals surface area contributed by atoms with E-state index in [1.165, 1.54) is 18.4 Å². The molecule has 0 saturated heterocycles. The van der Waals surface area contributed by atoms with Crippen LogP contribution >= 0.6 is 11.6 Å². The molecule has 0 amide bonds. The van der Waals surface area contributed by atoms with E-state index in [-0.39, 0.29) is 11.7 Å². The highest BCUT2D eigenvalue weighted by atomic mass is 35.5. The Morgan fingerprint density at radius 2 is 1.96 bits per heavy atom. The number of benzene rings is 1. The molecule has 0 aromatic heterocycles. The van der Waals surface area contributed by atoms with Gasteiger partial charge >= 0.3 is 0 Å². The van der Waals surface area contributed by atoms with Gasteiger partial charge in [-0.1, -0.05) is 38.0 Å². The summed E-state index contributed by atoms with van der Waals surface area (Å²) in [5.41, 5.74) is 1.18. The fraction of sp³-hybridized carbons (Fsp3) is 0.550. The molecule has 2 nitrogen and oxygen atoms in total. The molecule has 128 valence electrons. The second kappa shape index (κ2) is 12.2. The topological polar surface area (TPSA) is 26.3 Å². The summed E-state index contributed by atoms with van der Waals surface area (Å²) in [6, 6.07) is 8.01. The van der Waals surface area contributed by atoms with Gasteiger partial charge in [0.2, 0.25) is 0 Å². The van der Waals surface area contributed by atoms with Gasteiger partial charge in [-0.3, -0.25) is 4.79 Å². The van der Waals surface area contributed by atoms with Crippen molar-refractivity contribution in [3.8, 4) is 5.75 Å². The first kappa shape index (κ1) is 19.8. The van der Waals surface area contributed by atoms with Crippen LogP contribution in [0.5, 0.6) is 5.75 Å². The zero-order chi connectivity index (χ0) is 16.9. The summed E-state index contributed by atoms with van der Waals surface area (Å²) in [6.07, 6.45) is 10.8. The van der Waals surface area contributed by atoms with Gasteiger partial charge in [-0.25, -0.2) is 0 Å². The molecule has 0 aliphatic rings. The van der Waals surface area contributed by atoms with E-state index in [9.17, 15) is 4.79 Å². The zero-order valence-electron chi connectivity index (χ0n) is 14.4. The third-order valence-electron chi connectivity index (χ3n) is 4.00. The van der Waals surface area contributed by atoms with Crippen molar-refractivity contribution < 1.29 is 9.53 Å². The van der Waals surface area contributed by atoms with Crippen LogP contribution in [0.3, 0.4) is 0 Å². The molecule has 0 bridgehead atoms. The molecule has 0 aliphatic carbocycles. The van der Waals surface area contributed by atoms with Crippen LogP contribution in [0.15, 0.2) is 36.4 Å². The fourth-order valence-electron chi connectivity index (χ4n) is 2.62. The van der Waals surface area contributed by atoms with E-state index >= 15 is 0 Å². The largest absolute Gasteiger partial charge is 0.497 e. The highest BCUT2D eigenvalue weighted by molar-refractivity contribution is 6.17. The van der Waals surface area contributed by atoms with Gasteiger partial charge in [-0.05, 0) is 55.4 Å². The quantitative estimate of drug-likeness (QED) is 0.270. The average Bonchev–Trinajstić information content (AvgIpc) is 2.58. The lowest BCUT2D eigenvalue weighted by Crippen LogP contribution is -2.06. The third kappa shape index (κ3) is 8.22. The molecule has 3 heteroatoms. The van der Waals surface area contributed by atoms with Crippen LogP contribution in [0.1, 0.15) is 63.4 Å². The second-order valence-corrected chi connectivity index (χ2v) is 6.25. The average molecular weight is 337 g/mol. The maximum absolute atomic E-state index is 12.2. The Labute approximate surface area is 145 Å². The summed E-state index contributed by atoms with van der Waals surface area (Å²) in [6.45, 7) is 2.19. The summed E-state index contributed by atoms with van der Waals surface area (Å²) < 4.78 is 5.20. The summed E-state index contributed by atoms with van der Waals surface area (Å²) in [7, 11) is 1.66. The Kier molecular flexibility index (Phi) is 10.5. The number of rotatable bonds is 12. The molecule has 0 unspecified atom stereocenters. The van der Waals surface area contributed by atoms with E-state index in [0.717, 1.165) is 31.4 Å². The van der Waals surface area contributed by atoms with Crippen molar-refractivity contribution in [1.29, 1.82) is 0 Å². The Morgan fingerprint density at radius 1 is 1.22 bits per heavy atom. The molecular weight excluding hydrogens is 308 g/mol. The molecule has 1 rings (SSSR count). The standard InChI is InChI=1S/C20H29ClO2/c1-3-4-5-6-7-10-19(22)16-18(9-8-15-21)17-11-13-20(23-2)14-12-17/h7,10-14,18H,3-6,8-9,15-16H2,1-2H3/b10-7+/t18-/m0/s1. The fourth-order valence-corrected chi connectivity index (χ4v) is 2.78. The Morgan fingerprint density at radius 3 is 2.57 bits per heavy atom. The summed E-state index contributed by atoms with van der Waals surface area (Å²) >= 11 is 5.83. The smallest absolute Gasteiger partial charge is 0.155 e. The third-order valence-corrected chi connectivity index (χ3v) is 4.27. The number of alkyl halides is 1. The summed E-state index contributed by atoms with van der Waals surface area (Å²) in [5, 5.41) is 0. The number of carbonyl (C=O) groups is 1. The predicted molar refractivity (Wildman–Crippen MR) is 98.6 cm³/mol. The number of hydrogen-bond acceptors (Lipinski definition) is 2. The first-order chi connectivity index (χ1) is 11.2. The number of unbranched alkanes of at least 4 members (excludes halogenated alkanes) is 3. The minimum absolute atomic E-state index is 0.205. The normalized spacial score (nSPS) is 12.5. The molecule has 0 spiro atoms. The molecule has 0 heterocycles. The molecule has 1 aromatic rings. The number of allylic oxidation sites excluding steroid dienone is 2. The summed E-state index contributed by atoms with van der Waals surface area (Å²) in [5.74, 6) is 1.91. The number of ether oxygens (including phenoxy) is 1. The monoisotopic (exact) mass is 336 g/mol. The summed E-state index contributed by atoms with van der Waals surface area (Å²) in [4.78, 5) is 12.2. The van der Waals surface area contributed by atoms with Crippen LogP contribution < -0.4 is 4.74 Å². The molecule has 0 aliphatic heterocycles. The minimum Gasteiger partial charge on any atom is -0.497 e. The number of halogens is 1. The second-order valence-electron chi connectivity index (χ2n) is 5.87. The number of carbonyl (C=O) groups excluding carboxylic acids is 1. The molecule has 1 aromatic carbocycles. The van der Waals surface area contributed by atoms with Crippen LogP contribution in [-0.2, 0) is 4.79 Å². The molecule has 1 atom stereocenters. The van der Waals surface area contributed by atoms with E-state index in [2.05, 4.69) is 19.1 Å². The van der Waals surface area contributed by atoms with E-state index in [0.29, 0.717) is 12.3 Å². The lowest BCUT2D eigenvalue weighted by atomic mass is 9.89. The highest BCUT2D eigenvalue weighted by Crippen LogP contribution is 2.27. The number of ketones is 1. The van der Waals surface area contributed by atoms with Gasteiger partial charge in [0.05, 0.1) is 7.11 Å².